The number of rotatable bonds is 6. The first-order valence-corrected chi connectivity index (χ1v) is 6.84. The van der Waals surface area contributed by atoms with Crippen molar-refractivity contribution >= 4 is 11.8 Å². The minimum absolute atomic E-state index is 0.0776. The topological polar surface area (TPSA) is 12.0 Å². The van der Waals surface area contributed by atoms with Gasteiger partial charge in [0.05, 0.1) is 0 Å². The van der Waals surface area contributed by atoms with Gasteiger partial charge in [-0.3, -0.25) is 0 Å². The Hall–Kier alpha value is -0.680. The summed E-state index contributed by atoms with van der Waals surface area (Å²) in [6.45, 7) is 4.93. The maximum atomic E-state index is 12.1. The van der Waals surface area contributed by atoms with Crippen LogP contribution >= 0.6 is 11.8 Å². The number of halogens is 3. The zero-order valence-electron chi connectivity index (χ0n) is 10.6. The summed E-state index contributed by atoms with van der Waals surface area (Å²) in [5.74, 6) is 0. The summed E-state index contributed by atoms with van der Waals surface area (Å²) in [5.41, 5.74) is -3.21. The lowest BCUT2D eigenvalue weighted by Gasteiger charge is -2.14. The van der Waals surface area contributed by atoms with Gasteiger partial charge in [0, 0.05) is 17.5 Å². The van der Waals surface area contributed by atoms with Crippen molar-refractivity contribution < 1.29 is 13.2 Å². The van der Waals surface area contributed by atoms with Crippen LogP contribution in [0.15, 0.2) is 29.2 Å². The van der Waals surface area contributed by atoms with E-state index in [4.69, 9.17) is 0 Å². The summed E-state index contributed by atoms with van der Waals surface area (Å²) in [4.78, 5) is 0.230. The van der Waals surface area contributed by atoms with Gasteiger partial charge in [-0.2, -0.15) is 13.2 Å². The summed E-state index contributed by atoms with van der Waals surface area (Å²) in [6, 6.07) is 6.98. The first kappa shape index (κ1) is 15.4. The van der Waals surface area contributed by atoms with Crippen LogP contribution in [-0.4, -0.2) is 11.6 Å². The van der Waals surface area contributed by atoms with Crippen LogP contribution in [0.2, 0.25) is 0 Å². The van der Waals surface area contributed by atoms with Gasteiger partial charge in [0.1, 0.15) is 0 Å². The molecule has 102 valence electrons. The molecule has 0 saturated carbocycles. The predicted octanol–water partition coefficient (Wildman–Crippen LogP) is 4.58. The van der Waals surface area contributed by atoms with Crippen LogP contribution in [0.5, 0.6) is 0 Å². The van der Waals surface area contributed by atoms with Crippen LogP contribution in [-0.2, 0) is 6.54 Å². The highest BCUT2D eigenvalue weighted by atomic mass is 32.2. The van der Waals surface area contributed by atoms with Gasteiger partial charge < -0.3 is 5.32 Å². The van der Waals surface area contributed by atoms with Gasteiger partial charge in [-0.1, -0.05) is 26.0 Å². The van der Waals surface area contributed by atoms with Crippen molar-refractivity contribution in [3.8, 4) is 0 Å². The number of benzene rings is 1. The van der Waals surface area contributed by atoms with Crippen LogP contribution in [0.1, 0.15) is 32.3 Å². The molecule has 0 heterocycles. The molecule has 1 N–H and O–H groups in total. The van der Waals surface area contributed by atoms with E-state index < -0.39 is 5.51 Å². The average Bonchev–Trinajstić information content (AvgIpc) is 2.30. The van der Waals surface area contributed by atoms with Crippen molar-refractivity contribution in [1.29, 1.82) is 0 Å². The van der Waals surface area contributed by atoms with Gasteiger partial charge in [-0.25, -0.2) is 0 Å². The number of hydrogen-bond donors (Lipinski definition) is 1. The highest BCUT2D eigenvalue weighted by Gasteiger charge is 2.28. The highest BCUT2D eigenvalue weighted by Crippen LogP contribution is 2.36. The Morgan fingerprint density at radius 3 is 2.11 bits per heavy atom. The van der Waals surface area contributed by atoms with Crippen molar-refractivity contribution in [3.05, 3.63) is 29.8 Å². The van der Waals surface area contributed by atoms with Crippen LogP contribution < -0.4 is 5.32 Å². The summed E-state index contributed by atoms with van der Waals surface area (Å²) in [6.07, 6.45) is 2.11. The van der Waals surface area contributed by atoms with Crippen molar-refractivity contribution in [2.75, 3.05) is 0 Å². The van der Waals surface area contributed by atoms with Crippen LogP contribution in [0.4, 0.5) is 13.2 Å². The molecular formula is C13H18F3NS. The molecule has 0 atom stereocenters. The fourth-order valence-electron chi connectivity index (χ4n) is 1.65. The number of thioether (sulfide) groups is 1. The molecule has 1 rings (SSSR count). The number of hydrogen-bond acceptors (Lipinski definition) is 2. The molecule has 0 unspecified atom stereocenters. The van der Waals surface area contributed by atoms with E-state index in [1.54, 1.807) is 12.1 Å². The summed E-state index contributed by atoms with van der Waals surface area (Å²) in [5, 5.41) is 3.37. The highest BCUT2D eigenvalue weighted by molar-refractivity contribution is 8.00. The van der Waals surface area contributed by atoms with Crippen LogP contribution in [0.3, 0.4) is 0 Å². The quantitative estimate of drug-likeness (QED) is 0.764. The van der Waals surface area contributed by atoms with E-state index in [9.17, 15) is 13.2 Å². The lowest BCUT2D eigenvalue weighted by molar-refractivity contribution is -0.0328. The second-order valence-electron chi connectivity index (χ2n) is 4.09. The van der Waals surface area contributed by atoms with Crippen molar-refractivity contribution in [2.45, 2.75) is 49.7 Å². The zero-order chi connectivity index (χ0) is 13.6. The zero-order valence-corrected chi connectivity index (χ0v) is 11.4. The van der Waals surface area contributed by atoms with Crippen molar-refractivity contribution in [3.63, 3.8) is 0 Å². The Labute approximate surface area is 110 Å². The lowest BCUT2D eigenvalue weighted by Crippen LogP contribution is -2.26. The first-order valence-electron chi connectivity index (χ1n) is 6.02. The Bertz CT molecular complexity index is 344. The molecule has 0 aromatic heterocycles. The Morgan fingerprint density at radius 1 is 1.11 bits per heavy atom. The van der Waals surface area contributed by atoms with E-state index in [1.165, 1.54) is 12.1 Å². The smallest absolute Gasteiger partial charge is 0.310 e. The van der Waals surface area contributed by atoms with Gasteiger partial charge in [0.15, 0.2) is 0 Å². The normalized spacial score (nSPS) is 12.1. The monoisotopic (exact) mass is 277 g/mol. The molecule has 0 radical (unpaired) electrons. The minimum atomic E-state index is -4.21. The molecule has 1 aromatic carbocycles. The molecule has 0 aliphatic carbocycles. The van der Waals surface area contributed by atoms with Crippen molar-refractivity contribution in [1.82, 2.24) is 5.32 Å². The van der Waals surface area contributed by atoms with Gasteiger partial charge in [0.25, 0.3) is 0 Å². The maximum Gasteiger partial charge on any atom is 0.446 e. The molecule has 18 heavy (non-hydrogen) atoms. The number of alkyl halides is 3. The molecule has 0 bridgehead atoms. The Morgan fingerprint density at radius 2 is 1.67 bits per heavy atom. The van der Waals surface area contributed by atoms with Crippen LogP contribution in [0.25, 0.3) is 0 Å². The molecule has 0 amide bonds. The van der Waals surface area contributed by atoms with Gasteiger partial charge >= 0.3 is 5.51 Å². The third-order valence-electron chi connectivity index (χ3n) is 2.74. The Balaban J connectivity index is 2.50. The van der Waals surface area contributed by atoms with Gasteiger partial charge in [0.2, 0.25) is 0 Å². The standard InChI is InChI=1S/C13H18F3NS/c1-3-11(4-2)17-9-10-5-7-12(8-6-10)18-13(14,15)16/h5-8,11,17H,3-4,9H2,1-2H3. The molecular weight excluding hydrogens is 259 g/mol. The predicted molar refractivity (Wildman–Crippen MR) is 69.6 cm³/mol. The summed E-state index contributed by atoms with van der Waals surface area (Å²) in [7, 11) is 0. The largest absolute Gasteiger partial charge is 0.446 e. The molecule has 0 saturated heterocycles. The van der Waals surface area contributed by atoms with E-state index >= 15 is 0 Å². The SMILES string of the molecule is CCC(CC)NCc1ccc(SC(F)(F)F)cc1. The minimum Gasteiger partial charge on any atom is -0.310 e. The molecule has 0 aliphatic heterocycles. The van der Waals surface area contributed by atoms with Gasteiger partial charge in [-0.05, 0) is 42.3 Å². The fraction of sp³-hybridized carbons (Fsp3) is 0.538. The summed E-state index contributed by atoms with van der Waals surface area (Å²) >= 11 is -0.0776. The maximum absolute atomic E-state index is 12.1. The van der Waals surface area contributed by atoms with E-state index in [0.717, 1.165) is 18.4 Å². The first-order chi connectivity index (χ1) is 8.44. The fourth-order valence-corrected chi connectivity index (χ4v) is 2.19. The average molecular weight is 277 g/mol. The third kappa shape index (κ3) is 5.78. The molecule has 1 aromatic rings. The molecule has 0 aliphatic rings. The molecule has 5 heteroatoms. The molecule has 0 fully saturated rings. The third-order valence-corrected chi connectivity index (χ3v) is 3.48. The second-order valence-corrected chi connectivity index (χ2v) is 5.22. The van der Waals surface area contributed by atoms with E-state index in [2.05, 4.69) is 19.2 Å². The lowest BCUT2D eigenvalue weighted by atomic mass is 10.1. The summed E-state index contributed by atoms with van der Waals surface area (Å²) < 4.78 is 36.4. The van der Waals surface area contributed by atoms with E-state index in [0.29, 0.717) is 12.6 Å². The molecule has 0 spiro atoms. The Kier molecular flexibility index (Phi) is 6.02. The van der Waals surface area contributed by atoms with Gasteiger partial charge in [-0.15, -0.1) is 0 Å². The second kappa shape index (κ2) is 7.04. The molecule has 1 nitrogen and oxygen atoms in total. The number of nitrogens with one attached hydrogen (secondary N) is 1. The van der Waals surface area contributed by atoms with E-state index in [1.807, 2.05) is 0 Å². The van der Waals surface area contributed by atoms with E-state index in [-0.39, 0.29) is 16.7 Å². The van der Waals surface area contributed by atoms with Crippen LogP contribution in [0, 0.1) is 0 Å². The van der Waals surface area contributed by atoms with Crippen molar-refractivity contribution in [2.24, 2.45) is 0 Å².